The van der Waals surface area contributed by atoms with Crippen LogP contribution in [-0.2, 0) is 0 Å². The van der Waals surface area contributed by atoms with Gasteiger partial charge in [-0.2, -0.15) is 0 Å². The van der Waals surface area contributed by atoms with Crippen molar-refractivity contribution >= 4 is 75.3 Å². The number of fused-ring (bicyclic) bond motifs is 11. The van der Waals surface area contributed by atoms with Crippen LogP contribution < -0.4 is 0 Å². The van der Waals surface area contributed by atoms with Crippen LogP contribution in [0.4, 0.5) is 0 Å². The summed E-state index contributed by atoms with van der Waals surface area (Å²) < 4.78 is 12.1. The maximum absolute atomic E-state index is 7.18. The molecule has 0 N–H and O–H groups in total. The molecule has 4 aromatic heterocycles. The lowest BCUT2D eigenvalue weighted by molar-refractivity contribution is 0.677. The van der Waals surface area contributed by atoms with Crippen LogP contribution in [0.5, 0.6) is 0 Å². The van der Waals surface area contributed by atoms with Crippen molar-refractivity contribution in [3.63, 3.8) is 0 Å². The molecule has 13 rings (SSSR count). The number of furan rings is 1. The van der Waals surface area contributed by atoms with E-state index in [0.717, 1.165) is 88.4 Å². The molecule has 0 aliphatic rings. The highest BCUT2D eigenvalue weighted by molar-refractivity contribution is 7.26. The molecule has 0 fully saturated rings. The van der Waals surface area contributed by atoms with E-state index in [1.54, 1.807) is 0 Å². The Hall–Kier alpha value is -8.19. The molecule has 9 aromatic carbocycles. The van der Waals surface area contributed by atoms with E-state index < -0.39 is 0 Å². The van der Waals surface area contributed by atoms with Gasteiger partial charge in [0.1, 0.15) is 11.2 Å². The number of hydrogen-bond donors (Lipinski definition) is 0. The maximum Gasteiger partial charge on any atom is 0.164 e. The quantitative estimate of drug-likeness (QED) is 0.168. The molecule has 0 aliphatic carbocycles. The zero-order valence-electron chi connectivity index (χ0n) is 33.7. The standard InChI is InChI=1S/C57H34N4OS/c1-5-17-35(18-6-1)44-33-39(57-59-55(37-21-9-3-10-22-37)58-56(60-57)38-23-11-4-12-24-38)34-45(36-19-7-2-8-20-36)52(44)61-46-27-15-13-25-42(46)50-47(61)31-29-40-41-30-32-49-51(54(41)62-53(40)50)43-26-14-16-28-48(43)63-49/h1-34H. The van der Waals surface area contributed by atoms with E-state index in [2.05, 4.69) is 150 Å². The molecule has 0 atom stereocenters. The van der Waals surface area contributed by atoms with Crippen LogP contribution in [0.1, 0.15) is 0 Å². The van der Waals surface area contributed by atoms with Crippen molar-refractivity contribution in [2.24, 2.45) is 0 Å². The highest BCUT2D eigenvalue weighted by Crippen LogP contribution is 2.48. The van der Waals surface area contributed by atoms with Crippen molar-refractivity contribution in [3.05, 3.63) is 206 Å². The molecule has 0 saturated heterocycles. The highest BCUT2D eigenvalue weighted by atomic mass is 32.1. The number of benzene rings is 9. The molecule has 4 heterocycles. The van der Waals surface area contributed by atoms with Gasteiger partial charge in [-0.3, -0.25) is 0 Å². The normalized spacial score (nSPS) is 11.8. The summed E-state index contributed by atoms with van der Waals surface area (Å²) in [6.45, 7) is 0. The van der Waals surface area contributed by atoms with Crippen LogP contribution in [-0.4, -0.2) is 19.5 Å². The molecule has 0 amide bonds. The van der Waals surface area contributed by atoms with Gasteiger partial charge < -0.3 is 8.98 Å². The average Bonchev–Trinajstić information content (AvgIpc) is 4.04. The van der Waals surface area contributed by atoms with E-state index in [0.29, 0.717) is 17.5 Å². The summed E-state index contributed by atoms with van der Waals surface area (Å²) in [7, 11) is 0. The smallest absolute Gasteiger partial charge is 0.164 e. The van der Waals surface area contributed by atoms with E-state index in [9.17, 15) is 0 Å². The minimum absolute atomic E-state index is 0.599. The van der Waals surface area contributed by atoms with Gasteiger partial charge in [0.2, 0.25) is 0 Å². The number of nitrogens with zero attached hydrogens (tertiary/aromatic N) is 4. The second-order valence-corrected chi connectivity index (χ2v) is 17.0. The van der Waals surface area contributed by atoms with Gasteiger partial charge in [-0.1, -0.05) is 158 Å². The first-order valence-corrected chi connectivity index (χ1v) is 21.9. The van der Waals surface area contributed by atoms with Crippen LogP contribution in [0, 0.1) is 0 Å². The molecule has 0 bridgehead atoms. The number of thiophene rings is 1. The first-order valence-electron chi connectivity index (χ1n) is 21.1. The van der Waals surface area contributed by atoms with E-state index in [1.165, 1.54) is 20.2 Å². The van der Waals surface area contributed by atoms with Gasteiger partial charge in [0.05, 0.1) is 22.1 Å². The molecule has 0 spiro atoms. The first kappa shape index (κ1) is 35.6. The van der Waals surface area contributed by atoms with E-state index >= 15 is 0 Å². The maximum atomic E-state index is 7.18. The molecule has 6 heteroatoms. The summed E-state index contributed by atoms with van der Waals surface area (Å²) in [5.41, 5.74) is 12.0. The third-order valence-corrected chi connectivity index (χ3v) is 13.4. The lowest BCUT2D eigenvalue weighted by Gasteiger charge is -2.21. The van der Waals surface area contributed by atoms with Crippen molar-refractivity contribution in [3.8, 4) is 62.1 Å². The molecule has 13 aromatic rings. The Morgan fingerprint density at radius 2 is 0.825 bits per heavy atom. The van der Waals surface area contributed by atoms with Gasteiger partial charge >= 0.3 is 0 Å². The summed E-state index contributed by atoms with van der Waals surface area (Å²) in [5.74, 6) is 1.84. The largest absolute Gasteiger partial charge is 0.455 e. The predicted octanol–water partition coefficient (Wildman–Crippen LogP) is 15.6. The molecule has 294 valence electrons. The summed E-state index contributed by atoms with van der Waals surface area (Å²) >= 11 is 1.82. The second-order valence-electron chi connectivity index (χ2n) is 15.9. The first-order chi connectivity index (χ1) is 31.2. The summed E-state index contributed by atoms with van der Waals surface area (Å²) in [4.78, 5) is 15.4. The molecule has 0 unspecified atom stereocenters. The highest BCUT2D eigenvalue weighted by Gasteiger charge is 2.25. The predicted molar refractivity (Wildman–Crippen MR) is 262 cm³/mol. The summed E-state index contributed by atoms with van der Waals surface area (Å²) in [6.07, 6.45) is 0. The molecule has 5 nitrogen and oxygen atoms in total. The Balaban J connectivity index is 1.14. The number of hydrogen-bond acceptors (Lipinski definition) is 5. The SMILES string of the molecule is c1ccc(-c2nc(-c3ccccc3)nc(-c3cc(-c4ccccc4)c(-n4c5ccccc5c5c6oc7c(ccc8sc9ccccc9c87)c6ccc54)c(-c4ccccc4)c3)n2)cc1. The molecule has 0 radical (unpaired) electrons. The number of aromatic nitrogens is 4. The Labute approximate surface area is 365 Å². The Morgan fingerprint density at radius 3 is 1.43 bits per heavy atom. The minimum Gasteiger partial charge on any atom is -0.455 e. The molecule has 0 saturated carbocycles. The third-order valence-electron chi connectivity index (χ3n) is 12.2. The van der Waals surface area contributed by atoms with Gasteiger partial charge in [0.25, 0.3) is 0 Å². The zero-order chi connectivity index (χ0) is 41.4. The fourth-order valence-corrected chi connectivity index (χ4v) is 10.5. The fraction of sp³-hybridized carbons (Fsp3) is 0. The number of rotatable bonds is 6. The summed E-state index contributed by atoms with van der Waals surface area (Å²) in [5, 5.41) is 6.86. The van der Waals surface area contributed by atoms with Gasteiger partial charge in [0, 0.05) is 64.1 Å². The van der Waals surface area contributed by atoms with Crippen molar-refractivity contribution in [2.75, 3.05) is 0 Å². The van der Waals surface area contributed by atoms with Crippen molar-refractivity contribution < 1.29 is 4.42 Å². The van der Waals surface area contributed by atoms with E-state index in [4.69, 9.17) is 19.4 Å². The van der Waals surface area contributed by atoms with Gasteiger partial charge in [-0.15, -0.1) is 11.3 Å². The fourth-order valence-electron chi connectivity index (χ4n) is 9.41. The van der Waals surface area contributed by atoms with Crippen LogP contribution in [0.15, 0.2) is 211 Å². The lowest BCUT2D eigenvalue weighted by atomic mass is 9.92. The average molecular weight is 823 g/mol. The van der Waals surface area contributed by atoms with E-state index in [-0.39, 0.29) is 0 Å². The zero-order valence-corrected chi connectivity index (χ0v) is 34.6. The van der Waals surface area contributed by atoms with Crippen molar-refractivity contribution in [1.82, 2.24) is 19.5 Å². The molecular weight excluding hydrogens is 789 g/mol. The molecule has 0 aliphatic heterocycles. The Kier molecular flexibility index (Phi) is 8.01. The van der Waals surface area contributed by atoms with Gasteiger partial charge in [-0.05, 0) is 59.7 Å². The Morgan fingerprint density at radius 1 is 0.349 bits per heavy atom. The summed E-state index contributed by atoms with van der Waals surface area (Å²) in [6, 6.07) is 72.6. The molecular formula is C57H34N4OS. The van der Waals surface area contributed by atoms with Crippen molar-refractivity contribution in [2.45, 2.75) is 0 Å². The minimum atomic E-state index is 0.599. The monoisotopic (exact) mass is 822 g/mol. The Bertz CT molecular complexity index is 3770. The van der Waals surface area contributed by atoms with Crippen LogP contribution in [0.3, 0.4) is 0 Å². The molecule has 63 heavy (non-hydrogen) atoms. The van der Waals surface area contributed by atoms with Gasteiger partial charge in [-0.25, -0.2) is 15.0 Å². The topological polar surface area (TPSA) is 56.7 Å². The van der Waals surface area contributed by atoms with E-state index in [1.807, 2.05) is 72.0 Å². The van der Waals surface area contributed by atoms with Crippen LogP contribution in [0.25, 0.3) is 126 Å². The number of para-hydroxylation sites is 1. The second kappa shape index (κ2) is 14.2. The van der Waals surface area contributed by atoms with Gasteiger partial charge in [0.15, 0.2) is 17.5 Å². The lowest BCUT2D eigenvalue weighted by Crippen LogP contribution is -2.04. The van der Waals surface area contributed by atoms with Crippen LogP contribution in [0.2, 0.25) is 0 Å². The van der Waals surface area contributed by atoms with Crippen LogP contribution >= 0.6 is 11.3 Å². The van der Waals surface area contributed by atoms with Crippen molar-refractivity contribution in [1.29, 1.82) is 0 Å². The third kappa shape index (κ3) is 5.66.